The first-order chi connectivity index (χ1) is 8.34. The molecule has 0 aliphatic rings. The van der Waals surface area contributed by atoms with Crippen molar-refractivity contribution in [3.05, 3.63) is 54.4 Å². The Hall–Kier alpha value is -2.07. The third-order valence-electron chi connectivity index (χ3n) is 2.95. The van der Waals surface area contributed by atoms with E-state index in [0.717, 1.165) is 17.6 Å². The van der Waals surface area contributed by atoms with Crippen molar-refractivity contribution in [1.82, 2.24) is 9.97 Å². The Bertz CT molecular complexity index is 612. The molecule has 0 fully saturated rings. The standard InChI is InChI=1S/C13H13N3O/c14-11(13-7-17-8-16-13)5-9-6-15-12-4-2-1-3-10(9)12/h1-4,6-8,11,15H,5,14H2/t11-/m0/s1. The van der Waals surface area contributed by atoms with Crippen molar-refractivity contribution < 1.29 is 4.42 Å². The Kier molecular flexibility index (Phi) is 2.42. The molecule has 3 rings (SSSR count). The summed E-state index contributed by atoms with van der Waals surface area (Å²) in [4.78, 5) is 7.31. The molecule has 2 heterocycles. The molecule has 0 saturated carbocycles. The number of nitrogens with one attached hydrogen (secondary N) is 1. The highest BCUT2D eigenvalue weighted by atomic mass is 16.3. The molecule has 0 unspecified atom stereocenters. The smallest absolute Gasteiger partial charge is 0.180 e. The van der Waals surface area contributed by atoms with Gasteiger partial charge in [-0.3, -0.25) is 0 Å². The number of hydrogen-bond donors (Lipinski definition) is 2. The summed E-state index contributed by atoms with van der Waals surface area (Å²) >= 11 is 0. The molecular weight excluding hydrogens is 214 g/mol. The lowest BCUT2D eigenvalue weighted by Gasteiger charge is -2.06. The maximum absolute atomic E-state index is 6.09. The Morgan fingerprint density at radius 1 is 1.35 bits per heavy atom. The number of fused-ring (bicyclic) bond motifs is 1. The van der Waals surface area contributed by atoms with Gasteiger partial charge in [-0.25, -0.2) is 4.98 Å². The Balaban J connectivity index is 1.90. The van der Waals surface area contributed by atoms with Crippen LogP contribution in [0.2, 0.25) is 0 Å². The zero-order valence-electron chi connectivity index (χ0n) is 9.26. The van der Waals surface area contributed by atoms with E-state index in [0.29, 0.717) is 0 Å². The van der Waals surface area contributed by atoms with E-state index in [2.05, 4.69) is 22.1 Å². The number of nitrogens with zero attached hydrogens (tertiary/aromatic N) is 1. The molecule has 2 aromatic heterocycles. The summed E-state index contributed by atoms with van der Waals surface area (Å²) in [6.45, 7) is 0. The predicted octanol–water partition coefficient (Wildman–Crippen LogP) is 2.40. The quantitative estimate of drug-likeness (QED) is 0.722. The van der Waals surface area contributed by atoms with E-state index >= 15 is 0 Å². The third kappa shape index (κ3) is 1.83. The molecule has 0 saturated heterocycles. The summed E-state index contributed by atoms with van der Waals surface area (Å²) < 4.78 is 4.94. The summed E-state index contributed by atoms with van der Waals surface area (Å²) in [5.41, 5.74) is 9.21. The van der Waals surface area contributed by atoms with E-state index in [9.17, 15) is 0 Å². The van der Waals surface area contributed by atoms with Gasteiger partial charge >= 0.3 is 0 Å². The lowest BCUT2D eigenvalue weighted by Crippen LogP contribution is -2.13. The number of hydrogen-bond acceptors (Lipinski definition) is 3. The Labute approximate surface area is 98.5 Å². The van der Waals surface area contributed by atoms with Crippen LogP contribution in [-0.4, -0.2) is 9.97 Å². The van der Waals surface area contributed by atoms with Gasteiger partial charge in [0.1, 0.15) is 6.26 Å². The van der Waals surface area contributed by atoms with Gasteiger partial charge in [-0.15, -0.1) is 0 Å². The van der Waals surface area contributed by atoms with Crippen molar-refractivity contribution in [3.8, 4) is 0 Å². The minimum atomic E-state index is -0.132. The highest BCUT2D eigenvalue weighted by molar-refractivity contribution is 5.83. The minimum absolute atomic E-state index is 0.132. The lowest BCUT2D eigenvalue weighted by molar-refractivity contribution is 0.553. The van der Waals surface area contributed by atoms with Crippen molar-refractivity contribution in [3.63, 3.8) is 0 Å². The highest BCUT2D eigenvalue weighted by Crippen LogP contribution is 2.22. The molecule has 0 aliphatic heterocycles. The minimum Gasteiger partial charge on any atom is -0.451 e. The maximum atomic E-state index is 6.09. The molecular formula is C13H13N3O. The van der Waals surface area contributed by atoms with Gasteiger partial charge in [0, 0.05) is 17.1 Å². The summed E-state index contributed by atoms with van der Waals surface area (Å²) in [6, 6.07) is 8.06. The third-order valence-corrected chi connectivity index (χ3v) is 2.95. The van der Waals surface area contributed by atoms with Gasteiger partial charge in [-0.2, -0.15) is 0 Å². The van der Waals surface area contributed by atoms with Crippen molar-refractivity contribution >= 4 is 10.9 Å². The molecule has 4 nitrogen and oxygen atoms in total. The van der Waals surface area contributed by atoms with Gasteiger partial charge in [-0.1, -0.05) is 18.2 Å². The van der Waals surface area contributed by atoms with Gasteiger partial charge in [0.2, 0.25) is 0 Å². The van der Waals surface area contributed by atoms with Gasteiger partial charge in [-0.05, 0) is 18.1 Å². The monoisotopic (exact) mass is 227 g/mol. The summed E-state index contributed by atoms with van der Waals surface area (Å²) in [7, 11) is 0. The van der Waals surface area contributed by atoms with Crippen LogP contribution in [-0.2, 0) is 6.42 Å². The van der Waals surface area contributed by atoms with E-state index in [-0.39, 0.29) is 6.04 Å². The SMILES string of the molecule is N[C@@H](Cc1c[nH]c2ccccc12)c1cocn1. The highest BCUT2D eigenvalue weighted by Gasteiger charge is 2.12. The van der Waals surface area contributed by atoms with Crippen LogP contribution in [0.4, 0.5) is 0 Å². The van der Waals surface area contributed by atoms with Crippen LogP contribution in [0.5, 0.6) is 0 Å². The second kappa shape index (κ2) is 4.07. The molecule has 1 aromatic carbocycles. The van der Waals surface area contributed by atoms with Gasteiger partial charge in [0.15, 0.2) is 6.39 Å². The average Bonchev–Trinajstić information content (AvgIpc) is 2.98. The molecule has 86 valence electrons. The second-order valence-corrected chi connectivity index (χ2v) is 4.08. The van der Waals surface area contributed by atoms with E-state index in [1.54, 1.807) is 6.26 Å². The van der Waals surface area contributed by atoms with Crippen LogP contribution in [0.15, 0.2) is 47.5 Å². The topological polar surface area (TPSA) is 67.8 Å². The van der Waals surface area contributed by atoms with E-state index in [1.165, 1.54) is 17.3 Å². The van der Waals surface area contributed by atoms with E-state index in [4.69, 9.17) is 10.2 Å². The van der Waals surface area contributed by atoms with Crippen LogP contribution in [0.3, 0.4) is 0 Å². The number of benzene rings is 1. The van der Waals surface area contributed by atoms with Crippen molar-refractivity contribution in [2.75, 3.05) is 0 Å². The van der Waals surface area contributed by atoms with Crippen molar-refractivity contribution in [1.29, 1.82) is 0 Å². The molecule has 0 spiro atoms. The normalized spacial score (nSPS) is 13.0. The van der Waals surface area contributed by atoms with E-state index in [1.807, 2.05) is 18.3 Å². The number of aromatic amines is 1. The van der Waals surface area contributed by atoms with Gasteiger partial charge < -0.3 is 15.1 Å². The van der Waals surface area contributed by atoms with Crippen LogP contribution < -0.4 is 5.73 Å². The largest absolute Gasteiger partial charge is 0.451 e. The number of para-hydroxylation sites is 1. The van der Waals surface area contributed by atoms with Gasteiger partial charge in [0.25, 0.3) is 0 Å². The fourth-order valence-electron chi connectivity index (χ4n) is 2.05. The molecule has 3 aromatic rings. The second-order valence-electron chi connectivity index (χ2n) is 4.08. The first-order valence-electron chi connectivity index (χ1n) is 5.53. The fraction of sp³-hybridized carbons (Fsp3) is 0.154. The molecule has 17 heavy (non-hydrogen) atoms. The number of oxazole rings is 1. The molecule has 3 N–H and O–H groups in total. The molecule has 0 bridgehead atoms. The first-order valence-corrected chi connectivity index (χ1v) is 5.53. The molecule has 0 radical (unpaired) electrons. The average molecular weight is 227 g/mol. The zero-order chi connectivity index (χ0) is 11.7. The zero-order valence-corrected chi connectivity index (χ0v) is 9.26. The Morgan fingerprint density at radius 3 is 3.06 bits per heavy atom. The fourth-order valence-corrected chi connectivity index (χ4v) is 2.05. The molecule has 4 heteroatoms. The first kappa shape index (κ1) is 10.1. The number of aromatic nitrogens is 2. The van der Waals surface area contributed by atoms with Crippen LogP contribution >= 0.6 is 0 Å². The molecule has 0 aliphatic carbocycles. The van der Waals surface area contributed by atoms with Crippen molar-refractivity contribution in [2.24, 2.45) is 5.73 Å². The van der Waals surface area contributed by atoms with Gasteiger partial charge in [0.05, 0.1) is 11.7 Å². The summed E-state index contributed by atoms with van der Waals surface area (Å²) in [5, 5.41) is 1.21. The number of nitrogens with two attached hydrogens (primary N) is 1. The number of rotatable bonds is 3. The van der Waals surface area contributed by atoms with E-state index < -0.39 is 0 Å². The maximum Gasteiger partial charge on any atom is 0.180 e. The molecule has 0 amide bonds. The molecule has 1 atom stereocenters. The number of H-pyrrole nitrogens is 1. The summed E-state index contributed by atoms with van der Waals surface area (Å²) in [5.74, 6) is 0. The lowest BCUT2D eigenvalue weighted by atomic mass is 10.0. The Morgan fingerprint density at radius 2 is 2.24 bits per heavy atom. The van der Waals surface area contributed by atoms with Crippen LogP contribution in [0, 0.1) is 0 Å². The van der Waals surface area contributed by atoms with Crippen LogP contribution in [0.25, 0.3) is 10.9 Å². The van der Waals surface area contributed by atoms with Crippen LogP contribution in [0.1, 0.15) is 17.3 Å². The summed E-state index contributed by atoms with van der Waals surface area (Å²) in [6.07, 6.45) is 5.76. The van der Waals surface area contributed by atoms with Crippen molar-refractivity contribution in [2.45, 2.75) is 12.5 Å². The predicted molar refractivity (Wildman–Crippen MR) is 65.4 cm³/mol.